The molecule has 0 aromatic heterocycles. The van der Waals surface area contributed by atoms with Gasteiger partial charge in [0.15, 0.2) is 0 Å². The largest absolute Gasteiger partial charge is 0.382 e. The van der Waals surface area contributed by atoms with Crippen LogP contribution in [0.4, 0.5) is 4.39 Å². The van der Waals surface area contributed by atoms with Gasteiger partial charge in [0.1, 0.15) is 5.82 Å². The number of hydrogen-bond acceptors (Lipinski definition) is 3. The van der Waals surface area contributed by atoms with Gasteiger partial charge >= 0.3 is 0 Å². The van der Waals surface area contributed by atoms with Crippen molar-refractivity contribution >= 4 is 15.9 Å². The van der Waals surface area contributed by atoms with Crippen LogP contribution in [-0.2, 0) is 11.2 Å². The molecule has 0 bridgehead atoms. The summed E-state index contributed by atoms with van der Waals surface area (Å²) in [5.74, 6) is 5.23. The summed E-state index contributed by atoms with van der Waals surface area (Å²) in [6.07, 6.45) is 1.47. The topological polar surface area (TPSA) is 47.3 Å². The van der Waals surface area contributed by atoms with E-state index in [1.165, 1.54) is 6.07 Å². The third-order valence-corrected chi connectivity index (χ3v) is 3.44. The molecule has 1 rings (SSSR count). The molecule has 5 heteroatoms. The first-order valence-corrected chi connectivity index (χ1v) is 6.45. The zero-order valence-electron chi connectivity index (χ0n) is 9.88. The SMILES string of the molecule is CCOCCC(Cc1cccc(F)c1Br)NN. The summed E-state index contributed by atoms with van der Waals surface area (Å²) >= 11 is 3.24. The fourth-order valence-electron chi connectivity index (χ4n) is 1.59. The van der Waals surface area contributed by atoms with Crippen LogP contribution < -0.4 is 11.3 Å². The Morgan fingerprint density at radius 1 is 1.53 bits per heavy atom. The van der Waals surface area contributed by atoms with Gasteiger partial charge in [0.25, 0.3) is 0 Å². The van der Waals surface area contributed by atoms with Crippen LogP contribution in [0.15, 0.2) is 22.7 Å². The molecule has 1 aromatic carbocycles. The second kappa shape index (κ2) is 7.76. The van der Waals surface area contributed by atoms with E-state index in [-0.39, 0.29) is 11.9 Å². The Hall–Kier alpha value is -0.490. The Morgan fingerprint density at radius 3 is 2.94 bits per heavy atom. The van der Waals surface area contributed by atoms with Crippen molar-refractivity contribution in [2.75, 3.05) is 13.2 Å². The van der Waals surface area contributed by atoms with Crippen LogP contribution in [0, 0.1) is 5.82 Å². The van der Waals surface area contributed by atoms with Crippen molar-refractivity contribution in [2.24, 2.45) is 5.84 Å². The van der Waals surface area contributed by atoms with Gasteiger partial charge < -0.3 is 4.74 Å². The van der Waals surface area contributed by atoms with E-state index >= 15 is 0 Å². The van der Waals surface area contributed by atoms with E-state index in [9.17, 15) is 4.39 Å². The molecule has 0 saturated carbocycles. The van der Waals surface area contributed by atoms with Gasteiger partial charge in [-0.25, -0.2) is 4.39 Å². The van der Waals surface area contributed by atoms with Gasteiger partial charge in [-0.1, -0.05) is 12.1 Å². The zero-order valence-corrected chi connectivity index (χ0v) is 11.5. The Balaban J connectivity index is 2.57. The Bertz CT molecular complexity index is 349. The van der Waals surface area contributed by atoms with Crippen molar-refractivity contribution in [3.63, 3.8) is 0 Å². The van der Waals surface area contributed by atoms with Gasteiger partial charge in [-0.3, -0.25) is 11.3 Å². The highest BCUT2D eigenvalue weighted by atomic mass is 79.9. The molecule has 0 saturated heterocycles. The molecule has 0 aliphatic carbocycles. The summed E-state index contributed by atoms with van der Waals surface area (Å²) in [6.45, 7) is 3.30. The number of halogens is 2. The lowest BCUT2D eigenvalue weighted by Crippen LogP contribution is -2.37. The second-order valence-electron chi connectivity index (χ2n) is 3.77. The third-order valence-electron chi connectivity index (χ3n) is 2.55. The van der Waals surface area contributed by atoms with Crippen LogP contribution in [0.2, 0.25) is 0 Å². The van der Waals surface area contributed by atoms with Crippen LogP contribution in [0.1, 0.15) is 18.9 Å². The lowest BCUT2D eigenvalue weighted by Gasteiger charge is -2.16. The molecular weight excluding hydrogens is 287 g/mol. The van der Waals surface area contributed by atoms with E-state index in [2.05, 4.69) is 21.4 Å². The lowest BCUT2D eigenvalue weighted by molar-refractivity contribution is 0.136. The van der Waals surface area contributed by atoms with Gasteiger partial charge in [0.2, 0.25) is 0 Å². The minimum Gasteiger partial charge on any atom is -0.382 e. The van der Waals surface area contributed by atoms with Crippen molar-refractivity contribution in [3.8, 4) is 0 Å². The molecule has 1 unspecified atom stereocenters. The predicted octanol–water partition coefficient (Wildman–Crippen LogP) is 2.39. The van der Waals surface area contributed by atoms with Crippen molar-refractivity contribution < 1.29 is 9.13 Å². The molecule has 3 N–H and O–H groups in total. The number of hydrazine groups is 1. The molecule has 96 valence electrons. The van der Waals surface area contributed by atoms with Crippen LogP contribution in [0.3, 0.4) is 0 Å². The van der Waals surface area contributed by atoms with Gasteiger partial charge in [-0.05, 0) is 47.3 Å². The molecule has 0 heterocycles. The number of ether oxygens (including phenoxy) is 1. The van der Waals surface area contributed by atoms with Gasteiger partial charge in [0, 0.05) is 19.3 Å². The van der Waals surface area contributed by atoms with Crippen LogP contribution in [0.25, 0.3) is 0 Å². The maximum atomic E-state index is 13.3. The molecule has 0 aliphatic rings. The van der Waals surface area contributed by atoms with E-state index in [0.29, 0.717) is 24.1 Å². The van der Waals surface area contributed by atoms with Gasteiger partial charge in [0.05, 0.1) is 4.47 Å². The fraction of sp³-hybridized carbons (Fsp3) is 0.500. The maximum absolute atomic E-state index is 13.3. The smallest absolute Gasteiger partial charge is 0.137 e. The molecular formula is C12H18BrFN2O. The third kappa shape index (κ3) is 4.71. The molecule has 0 fully saturated rings. The maximum Gasteiger partial charge on any atom is 0.137 e. The van der Waals surface area contributed by atoms with Crippen LogP contribution >= 0.6 is 15.9 Å². The molecule has 0 aliphatic heterocycles. The average molecular weight is 305 g/mol. The van der Waals surface area contributed by atoms with Crippen molar-refractivity contribution in [2.45, 2.75) is 25.8 Å². The van der Waals surface area contributed by atoms with E-state index in [1.54, 1.807) is 6.07 Å². The van der Waals surface area contributed by atoms with Gasteiger partial charge in [-0.15, -0.1) is 0 Å². The number of nitrogens with two attached hydrogens (primary N) is 1. The Morgan fingerprint density at radius 2 is 2.29 bits per heavy atom. The Kier molecular flexibility index (Phi) is 6.65. The first kappa shape index (κ1) is 14.6. The molecule has 17 heavy (non-hydrogen) atoms. The predicted molar refractivity (Wildman–Crippen MR) is 70.0 cm³/mol. The summed E-state index contributed by atoms with van der Waals surface area (Å²) < 4.78 is 19.1. The summed E-state index contributed by atoms with van der Waals surface area (Å²) in [6, 6.07) is 5.10. The molecule has 1 aromatic rings. The highest BCUT2D eigenvalue weighted by Gasteiger charge is 2.11. The average Bonchev–Trinajstić information content (AvgIpc) is 2.33. The zero-order chi connectivity index (χ0) is 12.7. The highest BCUT2D eigenvalue weighted by Crippen LogP contribution is 2.22. The first-order chi connectivity index (χ1) is 8.19. The Labute approximate surface area is 110 Å². The monoisotopic (exact) mass is 304 g/mol. The number of nitrogens with one attached hydrogen (secondary N) is 1. The molecule has 1 atom stereocenters. The first-order valence-electron chi connectivity index (χ1n) is 5.65. The minimum atomic E-state index is -0.247. The van der Waals surface area contributed by atoms with E-state index < -0.39 is 0 Å². The molecule has 0 amide bonds. The summed E-state index contributed by atoms with van der Waals surface area (Å²) in [5, 5.41) is 0. The highest BCUT2D eigenvalue weighted by molar-refractivity contribution is 9.10. The summed E-state index contributed by atoms with van der Waals surface area (Å²) in [4.78, 5) is 0. The number of benzene rings is 1. The molecule has 0 radical (unpaired) electrons. The van der Waals surface area contributed by atoms with E-state index in [1.807, 2.05) is 13.0 Å². The minimum absolute atomic E-state index is 0.0830. The fourth-order valence-corrected chi connectivity index (χ4v) is 2.01. The summed E-state index contributed by atoms with van der Waals surface area (Å²) in [7, 11) is 0. The van der Waals surface area contributed by atoms with E-state index in [0.717, 1.165) is 12.0 Å². The number of hydrogen-bond donors (Lipinski definition) is 2. The van der Waals surface area contributed by atoms with Crippen LogP contribution in [0.5, 0.6) is 0 Å². The van der Waals surface area contributed by atoms with Crippen molar-refractivity contribution in [1.82, 2.24) is 5.43 Å². The van der Waals surface area contributed by atoms with Crippen LogP contribution in [-0.4, -0.2) is 19.3 Å². The standard InChI is InChI=1S/C12H18BrFN2O/c1-2-17-7-6-10(16-15)8-9-4-3-5-11(14)12(9)13/h3-5,10,16H,2,6-8,15H2,1H3. The molecule has 0 spiro atoms. The number of rotatable bonds is 7. The van der Waals surface area contributed by atoms with Crippen molar-refractivity contribution in [1.29, 1.82) is 0 Å². The second-order valence-corrected chi connectivity index (χ2v) is 4.56. The quantitative estimate of drug-likeness (QED) is 0.462. The van der Waals surface area contributed by atoms with Gasteiger partial charge in [-0.2, -0.15) is 0 Å². The molecule has 3 nitrogen and oxygen atoms in total. The normalized spacial score (nSPS) is 12.7. The lowest BCUT2D eigenvalue weighted by atomic mass is 10.0. The summed E-state index contributed by atoms with van der Waals surface area (Å²) in [5.41, 5.74) is 3.64. The van der Waals surface area contributed by atoms with E-state index in [4.69, 9.17) is 10.6 Å². The van der Waals surface area contributed by atoms with Crippen molar-refractivity contribution in [3.05, 3.63) is 34.1 Å².